The van der Waals surface area contributed by atoms with Crippen molar-refractivity contribution in [2.45, 2.75) is 6.43 Å². The van der Waals surface area contributed by atoms with E-state index in [1.54, 1.807) is 24.3 Å². The van der Waals surface area contributed by atoms with E-state index in [2.05, 4.69) is 4.98 Å². The van der Waals surface area contributed by atoms with Gasteiger partial charge in [0.1, 0.15) is 11.7 Å². The number of imidazole rings is 1. The van der Waals surface area contributed by atoms with Crippen LogP contribution in [0, 0.1) is 5.41 Å². The van der Waals surface area contributed by atoms with Crippen molar-refractivity contribution in [3.63, 3.8) is 0 Å². The van der Waals surface area contributed by atoms with Crippen molar-refractivity contribution < 1.29 is 8.78 Å². The zero-order chi connectivity index (χ0) is 13.3. The van der Waals surface area contributed by atoms with Crippen LogP contribution < -0.4 is 11.5 Å². The summed E-state index contributed by atoms with van der Waals surface area (Å²) in [7, 11) is 0. The van der Waals surface area contributed by atoms with E-state index in [0.717, 1.165) is 10.6 Å². The number of amidine groups is 1. The van der Waals surface area contributed by atoms with Gasteiger partial charge in [0.15, 0.2) is 5.82 Å². The van der Waals surface area contributed by atoms with Gasteiger partial charge in [0.2, 0.25) is 0 Å². The van der Waals surface area contributed by atoms with Gasteiger partial charge < -0.3 is 11.5 Å². The van der Waals surface area contributed by atoms with E-state index in [4.69, 9.17) is 16.9 Å². The molecule has 0 saturated heterocycles. The Labute approximate surface area is 101 Å². The second kappa shape index (κ2) is 4.44. The maximum absolute atomic E-state index is 12.9. The van der Waals surface area contributed by atoms with E-state index in [9.17, 15) is 8.78 Å². The summed E-state index contributed by atoms with van der Waals surface area (Å²) in [6.07, 6.45) is -1.67. The second-order valence-corrected chi connectivity index (χ2v) is 3.62. The van der Waals surface area contributed by atoms with E-state index < -0.39 is 12.2 Å². The van der Waals surface area contributed by atoms with E-state index in [0.29, 0.717) is 11.0 Å². The highest BCUT2D eigenvalue weighted by Crippen LogP contribution is 2.25. The standard InChI is InChI=1S/C11H11F2N5/c12-10(13)11-17-6-3-1-2-4-7(6)18(11)9(16)5-8(14)15/h1-5,10H,16H2,(H3,14,15)/b9-5+. The summed E-state index contributed by atoms with van der Waals surface area (Å²) in [5.41, 5.74) is 11.7. The number of halogens is 2. The fraction of sp³-hybridized carbons (Fsp3) is 0.0909. The summed E-state index contributed by atoms with van der Waals surface area (Å²) in [5, 5.41) is 7.11. The highest BCUT2D eigenvalue weighted by Gasteiger charge is 2.19. The zero-order valence-corrected chi connectivity index (χ0v) is 9.27. The van der Waals surface area contributed by atoms with E-state index in [-0.39, 0.29) is 11.7 Å². The molecule has 0 aliphatic rings. The molecule has 0 radical (unpaired) electrons. The van der Waals surface area contributed by atoms with Gasteiger partial charge in [-0.2, -0.15) is 0 Å². The number of hydrogen-bond donors (Lipinski definition) is 3. The van der Waals surface area contributed by atoms with Crippen LogP contribution in [0.2, 0.25) is 0 Å². The highest BCUT2D eigenvalue weighted by atomic mass is 19.3. The van der Waals surface area contributed by atoms with Gasteiger partial charge in [0.25, 0.3) is 6.43 Å². The molecule has 1 heterocycles. The van der Waals surface area contributed by atoms with Crippen LogP contribution in [0.1, 0.15) is 12.2 Å². The number of nitrogens with two attached hydrogens (primary N) is 2. The molecule has 0 spiro atoms. The van der Waals surface area contributed by atoms with Gasteiger partial charge in [-0.1, -0.05) is 12.1 Å². The van der Waals surface area contributed by atoms with Crippen molar-refractivity contribution in [3.8, 4) is 0 Å². The van der Waals surface area contributed by atoms with Gasteiger partial charge in [0, 0.05) is 6.08 Å². The Morgan fingerprint density at radius 3 is 2.61 bits per heavy atom. The fourth-order valence-corrected chi connectivity index (χ4v) is 1.69. The van der Waals surface area contributed by atoms with Crippen molar-refractivity contribution in [2.75, 3.05) is 0 Å². The summed E-state index contributed by atoms with van der Waals surface area (Å²) in [6, 6.07) is 6.62. The molecule has 94 valence electrons. The van der Waals surface area contributed by atoms with Gasteiger partial charge in [-0.3, -0.25) is 9.98 Å². The molecule has 0 bridgehead atoms. The SMILES string of the molecule is N=C(N)/C=C(\N)n1c(C(F)F)nc2ccccc21. The quantitative estimate of drug-likeness (QED) is 0.572. The van der Waals surface area contributed by atoms with Crippen LogP contribution in [0.5, 0.6) is 0 Å². The van der Waals surface area contributed by atoms with Crippen LogP contribution in [0.15, 0.2) is 30.3 Å². The topological polar surface area (TPSA) is 93.7 Å². The largest absolute Gasteiger partial charge is 0.385 e. The van der Waals surface area contributed by atoms with Crippen LogP contribution >= 0.6 is 0 Å². The number of benzene rings is 1. The molecule has 0 aliphatic carbocycles. The molecule has 0 amide bonds. The summed E-state index contributed by atoms with van der Waals surface area (Å²) >= 11 is 0. The Kier molecular flexibility index (Phi) is 2.97. The van der Waals surface area contributed by atoms with Gasteiger partial charge in [0.05, 0.1) is 11.0 Å². The molecule has 1 aromatic heterocycles. The Hall–Kier alpha value is -2.44. The Bertz CT molecular complexity index is 629. The van der Waals surface area contributed by atoms with Crippen molar-refractivity contribution in [1.82, 2.24) is 9.55 Å². The summed E-state index contributed by atoms with van der Waals surface area (Å²) in [6.45, 7) is 0. The maximum atomic E-state index is 12.9. The first kappa shape index (κ1) is 12.0. The molecular formula is C11H11F2N5. The monoisotopic (exact) mass is 251 g/mol. The maximum Gasteiger partial charge on any atom is 0.296 e. The molecule has 0 unspecified atom stereocenters. The van der Waals surface area contributed by atoms with Gasteiger partial charge in [-0.25, -0.2) is 13.8 Å². The normalized spacial score (nSPS) is 12.3. The first-order valence-electron chi connectivity index (χ1n) is 5.08. The Morgan fingerprint density at radius 1 is 1.33 bits per heavy atom. The van der Waals surface area contributed by atoms with Crippen molar-refractivity contribution in [2.24, 2.45) is 11.5 Å². The van der Waals surface area contributed by atoms with Crippen LogP contribution in [0.4, 0.5) is 8.78 Å². The summed E-state index contributed by atoms with van der Waals surface area (Å²) in [4.78, 5) is 3.82. The average Bonchev–Trinajstić information content (AvgIpc) is 2.67. The van der Waals surface area contributed by atoms with Gasteiger partial charge >= 0.3 is 0 Å². The number of nitrogens with one attached hydrogen (secondary N) is 1. The third-order valence-corrected chi connectivity index (χ3v) is 2.34. The predicted molar refractivity (Wildman–Crippen MR) is 65.1 cm³/mol. The molecule has 7 heteroatoms. The van der Waals surface area contributed by atoms with E-state index in [1.165, 1.54) is 0 Å². The Balaban J connectivity index is 2.73. The van der Waals surface area contributed by atoms with Crippen molar-refractivity contribution >= 4 is 22.7 Å². The smallest absolute Gasteiger partial charge is 0.296 e. The van der Waals surface area contributed by atoms with E-state index >= 15 is 0 Å². The lowest BCUT2D eigenvalue weighted by Gasteiger charge is -2.08. The first-order valence-corrected chi connectivity index (χ1v) is 5.08. The molecule has 0 fully saturated rings. The summed E-state index contributed by atoms with van der Waals surface area (Å²) < 4.78 is 26.9. The number of rotatable bonds is 3. The number of para-hydroxylation sites is 2. The molecule has 0 aliphatic heterocycles. The fourth-order valence-electron chi connectivity index (χ4n) is 1.69. The lowest BCUT2D eigenvalue weighted by Crippen LogP contribution is -2.15. The third-order valence-electron chi connectivity index (χ3n) is 2.34. The zero-order valence-electron chi connectivity index (χ0n) is 9.27. The average molecular weight is 251 g/mol. The second-order valence-electron chi connectivity index (χ2n) is 3.62. The van der Waals surface area contributed by atoms with Gasteiger partial charge in [-0.05, 0) is 12.1 Å². The van der Waals surface area contributed by atoms with Crippen LogP contribution in [0.3, 0.4) is 0 Å². The predicted octanol–water partition coefficient (Wildman–Crippen LogP) is 1.67. The highest BCUT2D eigenvalue weighted by molar-refractivity contribution is 5.94. The minimum Gasteiger partial charge on any atom is -0.385 e. The number of alkyl halides is 2. The van der Waals surface area contributed by atoms with E-state index in [1.807, 2.05) is 0 Å². The number of aromatic nitrogens is 2. The van der Waals surface area contributed by atoms with Crippen LogP contribution in [-0.4, -0.2) is 15.4 Å². The molecular weight excluding hydrogens is 240 g/mol. The molecule has 2 rings (SSSR count). The molecule has 2 aromatic rings. The molecule has 1 aromatic carbocycles. The molecule has 5 nitrogen and oxygen atoms in total. The molecule has 0 saturated carbocycles. The Morgan fingerprint density at radius 2 is 2.00 bits per heavy atom. The van der Waals surface area contributed by atoms with Crippen LogP contribution in [-0.2, 0) is 0 Å². The van der Waals surface area contributed by atoms with Crippen molar-refractivity contribution in [1.29, 1.82) is 5.41 Å². The third kappa shape index (κ3) is 2.02. The lowest BCUT2D eigenvalue weighted by molar-refractivity contribution is 0.139. The molecule has 18 heavy (non-hydrogen) atoms. The molecule has 5 N–H and O–H groups in total. The van der Waals surface area contributed by atoms with Crippen molar-refractivity contribution in [3.05, 3.63) is 36.2 Å². The van der Waals surface area contributed by atoms with Gasteiger partial charge in [-0.15, -0.1) is 0 Å². The first-order chi connectivity index (χ1) is 8.50. The number of nitrogens with zero attached hydrogens (tertiary/aromatic N) is 2. The molecule has 0 atom stereocenters. The minimum absolute atomic E-state index is 0.0634. The number of hydrogen-bond acceptors (Lipinski definition) is 3. The van der Waals surface area contributed by atoms with Crippen LogP contribution in [0.25, 0.3) is 16.9 Å². The lowest BCUT2D eigenvalue weighted by atomic mass is 10.3. The minimum atomic E-state index is -2.77. The summed E-state index contributed by atoms with van der Waals surface area (Å²) in [5.74, 6) is -0.844. The number of fused-ring (bicyclic) bond motifs is 1.